The molecular weight excluding hydrogens is 464 g/mol. The average Bonchev–Trinajstić information content (AvgIpc) is 2.75. The second kappa shape index (κ2) is 12.0. The minimum Gasteiger partial charge on any atom is -0.454 e. The lowest BCUT2D eigenvalue weighted by Gasteiger charge is -2.17. The van der Waals surface area contributed by atoms with Gasteiger partial charge in [0, 0.05) is 18.6 Å². The molecule has 0 saturated heterocycles. The first-order chi connectivity index (χ1) is 15.2. The van der Waals surface area contributed by atoms with Crippen LogP contribution in [0.15, 0.2) is 42.5 Å². The second-order valence-electron chi connectivity index (χ2n) is 6.62. The number of nitrogens with zero attached hydrogens (tertiary/aromatic N) is 1. The highest BCUT2D eigenvalue weighted by Crippen LogP contribution is 2.20. The van der Waals surface area contributed by atoms with Gasteiger partial charge in [0.05, 0.1) is 17.1 Å². The minimum atomic E-state index is -0.825. The van der Waals surface area contributed by atoms with E-state index in [9.17, 15) is 23.6 Å². The molecule has 0 bridgehead atoms. The monoisotopic (exact) mass is 483 g/mol. The number of carbonyl (C=O) groups is 4. The Labute approximate surface area is 193 Å². The SMILES string of the molecule is CN(Cc1ccc(F)cc1)C(=O)COC(=O)CNC(=O)CNC(=O)c1ccc(Cl)cc1Cl. The van der Waals surface area contributed by atoms with Crippen molar-refractivity contribution in [1.29, 1.82) is 0 Å². The Morgan fingerprint density at radius 1 is 1.00 bits per heavy atom. The molecule has 0 radical (unpaired) electrons. The predicted molar refractivity (Wildman–Crippen MR) is 116 cm³/mol. The van der Waals surface area contributed by atoms with E-state index in [-0.39, 0.29) is 22.9 Å². The van der Waals surface area contributed by atoms with Crippen LogP contribution in [-0.2, 0) is 25.7 Å². The molecule has 0 unspecified atom stereocenters. The van der Waals surface area contributed by atoms with Crippen molar-refractivity contribution in [1.82, 2.24) is 15.5 Å². The van der Waals surface area contributed by atoms with Crippen LogP contribution in [0.25, 0.3) is 0 Å². The third-order valence-electron chi connectivity index (χ3n) is 4.13. The van der Waals surface area contributed by atoms with Crippen LogP contribution < -0.4 is 10.6 Å². The first-order valence-corrected chi connectivity index (χ1v) is 10.0. The van der Waals surface area contributed by atoms with Crippen molar-refractivity contribution in [2.45, 2.75) is 6.54 Å². The summed E-state index contributed by atoms with van der Waals surface area (Å²) in [4.78, 5) is 48.9. The van der Waals surface area contributed by atoms with Gasteiger partial charge >= 0.3 is 5.97 Å². The van der Waals surface area contributed by atoms with E-state index >= 15 is 0 Å². The molecule has 8 nitrogen and oxygen atoms in total. The van der Waals surface area contributed by atoms with Crippen molar-refractivity contribution >= 4 is 46.9 Å². The number of benzene rings is 2. The van der Waals surface area contributed by atoms with E-state index in [1.165, 1.54) is 42.3 Å². The van der Waals surface area contributed by atoms with Gasteiger partial charge in [0.25, 0.3) is 11.8 Å². The fourth-order valence-corrected chi connectivity index (χ4v) is 2.91. The van der Waals surface area contributed by atoms with Crippen LogP contribution >= 0.6 is 23.2 Å². The molecule has 2 aromatic carbocycles. The number of esters is 1. The predicted octanol–water partition coefficient (Wildman–Crippen LogP) is 2.18. The van der Waals surface area contributed by atoms with Gasteiger partial charge in [-0.15, -0.1) is 0 Å². The number of ether oxygens (including phenoxy) is 1. The number of halogens is 3. The third-order valence-corrected chi connectivity index (χ3v) is 4.68. The highest BCUT2D eigenvalue weighted by molar-refractivity contribution is 6.36. The Morgan fingerprint density at radius 2 is 1.69 bits per heavy atom. The van der Waals surface area contributed by atoms with E-state index in [2.05, 4.69) is 10.6 Å². The molecule has 0 aliphatic heterocycles. The maximum absolute atomic E-state index is 12.9. The van der Waals surface area contributed by atoms with Gasteiger partial charge in [0.2, 0.25) is 5.91 Å². The second-order valence-corrected chi connectivity index (χ2v) is 7.46. The van der Waals surface area contributed by atoms with E-state index < -0.39 is 43.4 Å². The van der Waals surface area contributed by atoms with E-state index in [0.717, 1.165) is 0 Å². The maximum atomic E-state index is 12.9. The molecule has 2 rings (SSSR count). The van der Waals surface area contributed by atoms with Crippen molar-refractivity contribution in [3.63, 3.8) is 0 Å². The molecule has 3 amide bonds. The first-order valence-electron chi connectivity index (χ1n) is 9.29. The number of rotatable bonds is 9. The molecule has 0 saturated carbocycles. The van der Waals surface area contributed by atoms with E-state index in [0.29, 0.717) is 10.6 Å². The molecule has 2 aromatic rings. The van der Waals surface area contributed by atoms with Gasteiger partial charge in [-0.25, -0.2) is 4.39 Å². The lowest BCUT2D eigenvalue weighted by Crippen LogP contribution is -2.40. The lowest BCUT2D eigenvalue weighted by molar-refractivity contribution is -0.151. The van der Waals surface area contributed by atoms with Crippen LogP contribution in [0.4, 0.5) is 4.39 Å². The Kier molecular flexibility index (Phi) is 9.42. The van der Waals surface area contributed by atoms with Crippen LogP contribution in [0.5, 0.6) is 0 Å². The minimum absolute atomic E-state index is 0.132. The van der Waals surface area contributed by atoms with Gasteiger partial charge in [-0.1, -0.05) is 35.3 Å². The Hall–Kier alpha value is -3.17. The fourth-order valence-electron chi connectivity index (χ4n) is 2.42. The topological polar surface area (TPSA) is 105 Å². The maximum Gasteiger partial charge on any atom is 0.325 e. The van der Waals surface area contributed by atoms with Gasteiger partial charge < -0.3 is 20.3 Å². The largest absolute Gasteiger partial charge is 0.454 e. The molecule has 2 N–H and O–H groups in total. The van der Waals surface area contributed by atoms with Gasteiger partial charge in [0.15, 0.2) is 6.61 Å². The molecule has 0 spiro atoms. The van der Waals surface area contributed by atoms with Crippen LogP contribution in [0.1, 0.15) is 15.9 Å². The van der Waals surface area contributed by atoms with Gasteiger partial charge in [-0.2, -0.15) is 0 Å². The Bertz CT molecular complexity index is 1000. The van der Waals surface area contributed by atoms with E-state index in [1.807, 2.05) is 0 Å². The van der Waals surface area contributed by atoms with Crippen molar-refractivity contribution < 1.29 is 28.3 Å². The molecule has 11 heteroatoms. The summed E-state index contributed by atoms with van der Waals surface area (Å²) in [5.74, 6) is -2.90. The number of carbonyl (C=O) groups excluding carboxylic acids is 4. The highest BCUT2D eigenvalue weighted by Gasteiger charge is 2.15. The molecule has 0 fully saturated rings. The normalized spacial score (nSPS) is 10.2. The Morgan fingerprint density at radius 3 is 2.34 bits per heavy atom. The van der Waals surface area contributed by atoms with Crippen molar-refractivity contribution in [3.05, 3.63) is 69.5 Å². The molecule has 0 atom stereocenters. The summed E-state index contributed by atoms with van der Waals surface area (Å²) in [5, 5.41) is 5.12. The molecule has 170 valence electrons. The fraction of sp³-hybridized carbons (Fsp3) is 0.238. The molecular formula is C21H20Cl2FN3O5. The number of hydrogen-bond acceptors (Lipinski definition) is 5. The van der Waals surface area contributed by atoms with Gasteiger partial charge in [-0.3, -0.25) is 19.2 Å². The highest BCUT2D eigenvalue weighted by atomic mass is 35.5. The third kappa shape index (κ3) is 8.16. The molecule has 0 aromatic heterocycles. The average molecular weight is 484 g/mol. The number of hydrogen-bond donors (Lipinski definition) is 2. The van der Waals surface area contributed by atoms with Crippen molar-refractivity contribution in [2.24, 2.45) is 0 Å². The smallest absolute Gasteiger partial charge is 0.325 e. The Balaban J connectivity index is 1.67. The standard InChI is InChI=1S/C21H20Cl2FN3O5/c1-27(11-13-2-5-15(24)6-3-13)19(29)12-32-20(30)10-25-18(28)9-26-21(31)16-7-4-14(22)8-17(16)23/h2-8H,9-12H2,1H3,(H,25,28)(H,26,31). The lowest BCUT2D eigenvalue weighted by atomic mass is 10.2. The summed E-state index contributed by atoms with van der Waals surface area (Å²) in [7, 11) is 1.51. The summed E-state index contributed by atoms with van der Waals surface area (Å²) in [6.07, 6.45) is 0. The van der Waals surface area contributed by atoms with E-state index in [1.54, 1.807) is 12.1 Å². The number of nitrogens with one attached hydrogen (secondary N) is 2. The first kappa shape index (κ1) is 25.1. The van der Waals surface area contributed by atoms with E-state index in [4.69, 9.17) is 27.9 Å². The number of likely N-dealkylation sites (N-methyl/N-ethyl adjacent to an activating group) is 1. The molecule has 0 aliphatic rings. The molecule has 32 heavy (non-hydrogen) atoms. The zero-order chi connectivity index (χ0) is 23.7. The van der Waals surface area contributed by atoms with Gasteiger partial charge in [0.1, 0.15) is 12.4 Å². The zero-order valence-corrected chi connectivity index (χ0v) is 18.5. The summed E-state index contributed by atoms with van der Waals surface area (Å²) in [5.41, 5.74) is 0.856. The molecule has 0 heterocycles. The summed E-state index contributed by atoms with van der Waals surface area (Å²) < 4.78 is 17.8. The van der Waals surface area contributed by atoms with Crippen molar-refractivity contribution in [2.75, 3.05) is 26.7 Å². The quantitative estimate of drug-likeness (QED) is 0.531. The van der Waals surface area contributed by atoms with Crippen LogP contribution in [-0.4, -0.2) is 55.3 Å². The van der Waals surface area contributed by atoms with Crippen LogP contribution in [0, 0.1) is 5.82 Å². The zero-order valence-electron chi connectivity index (χ0n) is 17.0. The van der Waals surface area contributed by atoms with Crippen molar-refractivity contribution in [3.8, 4) is 0 Å². The number of amides is 3. The van der Waals surface area contributed by atoms with Crippen LogP contribution in [0.2, 0.25) is 10.0 Å². The summed E-state index contributed by atoms with van der Waals surface area (Å²) in [6.45, 7) is -1.18. The van der Waals surface area contributed by atoms with Crippen LogP contribution in [0.3, 0.4) is 0 Å². The summed E-state index contributed by atoms with van der Waals surface area (Å²) in [6, 6.07) is 9.94. The summed E-state index contributed by atoms with van der Waals surface area (Å²) >= 11 is 11.7. The molecule has 0 aliphatic carbocycles. The van der Waals surface area contributed by atoms with Gasteiger partial charge in [-0.05, 0) is 35.9 Å².